The van der Waals surface area contributed by atoms with E-state index in [9.17, 15) is 4.79 Å². The fourth-order valence-electron chi connectivity index (χ4n) is 6.24. The molecule has 0 N–H and O–H groups in total. The van der Waals surface area contributed by atoms with Gasteiger partial charge in [-0.25, -0.2) is 0 Å². The fourth-order valence-corrected chi connectivity index (χ4v) is 7.72. The molecular weight excluding hydrogens is 489 g/mol. The molecule has 0 bridgehead atoms. The van der Waals surface area contributed by atoms with Crippen molar-refractivity contribution in [2.75, 3.05) is 13.2 Å². The van der Waals surface area contributed by atoms with Crippen LogP contribution in [0.1, 0.15) is 24.0 Å². The Morgan fingerprint density at radius 3 is 1.86 bits per heavy atom. The van der Waals surface area contributed by atoms with Crippen molar-refractivity contribution in [3.63, 3.8) is 0 Å². The maximum Gasteiger partial charge on any atom is 0.183 e. The lowest BCUT2D eigenvalue weighted by atomic mass is 9.64. The van der Waals surface area contributed by atoms with Crippen molar-refractivity contribution < 1.29 is 13.6 Å². The van der Waals surface area contributed by atoms with E-state index in [1.165, 1.54) is 16.7 Å². The fraction of sp³-hybridized carbons (Fsp3) is 0.406. The van der Waals surface area contributed by atoms with Gasteiger partial charge in [0.15, 0.2) is 22.4 Å². The van der Waals surface area contributed by atoms with Crippen molar-refractivity contribution in [2.24, 2.45) is 16.7 Å². The molecule has 2 unspecified atom stereocenters. The first-order valence-corrected chi connectivity index (χ1v) is 20.3. The van der Waals surface area contributed by atoms with Crippen LogP contribution in [0.4, 0.5) is 0 Å². The average molecular weight is 529 g/mol. The van der Waals surface area contributed by atoms with Crippen LogP contribution in [0.2, 0.25) is 39.3 Å². The Labute approximate surface area is 224 Å². The van der Waals surface area contributed by atoms with E-state index in [0.717, 1.165) is 24.0 Å². The quantitative estimate of drug-likeness (QED) is 0.328. The van der Waals surface area contributed by atoms with E-state index < -0.39 is 16.6 Å². The van der Waals surface area contributed by atoms with Gasteiger partial charge in [-0.15, -0.1) is 0 Å². The highest BCUT2D eigenvalue weighted by Gasteiger charge is 2.61. The van der Waals surface area contributed by atoms with E-state index in [2.05, 4.69) is 106 Å². The van der Waals surface area contributed by atoms with Gasteiger partial charge in [0, 0.05) is 24.0 Å². The molecule has 3 aliphatic carbocycles. The minimum Gasteiger partial charge on any atom is -0.417 e. The van der Waals surface area contributed by atoms with Crippen LogP contribution in [-0.4, -0.2) is 35.6 Å². The van der Waals surface area contributed by atoms with E-state index in [4.69, 9.17) is 8.85 Å². The average Bonchev–Trinajstić information content (AvgIpc) is 3.28. The van der Waals surface area contributed by atoms with Crippen LogP contribution in [0.25, 0.3) is 11.1 Å². The van der Waals surface area contributed by atoms with Crippen LogP contribution in [0.5, 0.6) is 0 Å². The molecule has 2 aromatic rings. The van der Waals surface area contributed by atoms with E-state index >= 15 is 0 Å². The molecule has 1 saturated carbocycles. The van der Waals surface area contributed by atoms with Gasteiger partial charge < -0.3 is 8.85 Å². The first kappa shape index (κ1) is 26.3. The summed E-state index contributed by atoms with van der Waals surface area (Å²) in [6.45, 7) is 14.9. The highest BCUT2D eigenvalue weighted by Crippen LogP contribution is 2.65. The second-order valence-electron chi connectivity index (χ2n) is 13.1. The molecule has 0 saturated heterocycles. The molecule has 194 valence electrons. The van der Waals surface area contributed by atoms with E-state index in [1.54, 1.807) is 0 Å². The smallest absolute Gasteiger partial charge is 0.183 e. The Bertz CT molecular complexity index is 1240. The number of ketones is 1. The van der Waals surface area contributed by atoms with Gasteiger partial charge in [-0.1, -0.05) is 78.4 Å². The normalized spacial score (nSPS) is 24.8. The Hall–Kier alpha value is -2.32. The van der Waals surface area contributed by atoms with E-state index in [0.29, 0.717) is 13.2 Å². The van der Waals surface area contributed by atoms with Crippen molar-refractivity contribution in [1.82, 2.24) is 0 Å². The third-order valence-electron chi connectivity index (χ3n) is 7.82. The predicted octanol–water partition coefficient (Wildman–Crippen LogP) is 7.76. The van der Waals surface area contributed by atoms with E-state index in [1.807, 2.05) is 12.1 Å². The maximum atomic E-state index is 13.7. The molecule has 5 heteroatoms. The second kappa shape index (κ2) is 9.46. The van der Waals surface area contributed by atoms with Crippen molar-refractivity contribution in [3.8, 4) is 0 Å². The van der Waals surface area contributed by atoms with Crippen LogP contribution in [0.15, 0.2) is 84.5 Å². The number of rotatable bonds is 8. The molecule has 1 spiro atoms. The highest BCUT2D eigenvalue weighted by atomic mass is 28.4. The number of hydrogen-bond donors (Lipinski definition) is 0. The molecule has 2 atom stereocenters. The van der Waals surface area contributed by atoms with Crippen LogP contribution in [0.3, 0.4) is 0 Å². The molecule has 3 aliphatic rings. The minimum absolute atomic E-state index is 0.136. The molecule has 0 heterocycles. The molecule has 0 aromatic heterocycles. The van der Waals surface area contributed by atoms with Gasteiger partial charge in [-0.2, -0.15) is 0 Å². The van der Waals surface area contributed by atoms with Crippen LogP contribution >= 0.6 is 0 Å². The molecule has 1 fully saturated rings. The monoisotopic (exact) mass is 528 g/mol. The van der Waals surface area contributed by atoms with Gasteiger partial charge in [-0.05, 0) is 80.5 Å². The van der Waals surface area contributed by atoms with E-state index in [-0.39, 0.29) is 22.5 Å². The Morgan fingerprint density at radius 2 is 1.32 bits per heavy atom. The van der Waals surface area contributed by atoms with Crippen molar-refractivity contribution >= 4 is 33.6 Å². The lowest BCUT2D eigenvalue weighted by Crippen LogP contribution is -2.42. The summed E-state index contributed by atoms with van der Waals surface area (Å²) >= 11 is 0. The summed E-state index contributed by atoms with van der Waals surface area (Å²) in [4.78, 5) is 13.7. The standard InChI is InChI=1S/C32H40O3Si2/c1-36(2,3)34-22-31(23-35-37(4,5)6)20-27-18-29(33)30-28(25-15-11-8-12-16-25)17-26(19-32(27,30)21-31)24-13-9-7-10-14-24/h7-19,30H,20-23H2,1-6H3. The minimum atomic E-state index is -1.73. The Morgan fingerprint density at radius 1 is 0.784 bits per heavy atom. The van der Waals surface area contributed by atoms with Gasteiger partial charge >= 0.3 is 0 Å². The zero-order valence-corrected chi connectivity index (χ0v) is 25.1. The molecule has 2 aromatic carbocycles. The summed E-state index contributed by atoms with van der Waals surface area (Å²) in [6.07, 6.45) is 8.37. The summed E-state index contributed by atoms with van der Waals surface area (Å²) in [5.41, 5.74) is 5.44. The third kappa shape index (κ3) is 5.33. The molecule has 0 radical (unpaired) electrons. The van der Waals surface area contributed by atoms with Crippen molar-refractivity contribution in [1.29, 1.82) is 0 Å². The molecule has 0 aliphatic heterocycles. The summed E-state index contributed by atoms with van der Waals surface area (Å²) < 4.78 is 13.2. The number of carbonyl (C=O) groups is 1. The predicted molar refractivity (Wildman–Crippen MR) is 158 cm³/mol. The summed E-state index contributed by atoms with van der Waals surface area (Å²) in [5.74, 6) is 0.0392. The van der Waals surface area contributed by atoms with Gasteiger partial charge in [0.1, 0.15) is 0 Å². The first-order chi connectivity index (χ1) is 17.4. The maximum absolute atomic E-state index is 13.7. The van der Waals surface area contributed by atoms with Crippen molar-refractivity contribution in [3.05, 3.63) is 95.6 Å². The number of hydrogen-bond acceptors (Lipinski definition) is 3. The van der Waals surface area contributed by atoms with Gasteiger partial charge in [0.05, 0.1) is 5.92 Å². The molecular formula is C32H40O3Si2. The number of allylic oxidation sites excluding steroid dienone is 6. The van der Waals surface area contributed by atoms with Crippen LogP contribution < -0.4 is 0 Å². The highest BCUT2D eigenvalue weighted by molar-refractivity contribution is 6.70. The third-order valence-corrected chi connectivity index (χ3v) is 9.84. The van der Waals surface area contributed by atoms with Crippen LogP contribution in [0, 0.1) is 16.7 Å². The molecule has 37 heavy (non-hydrogen) atoms. The Balaban J connectivity index is 1.63. The van der Waals surface area contributed by atoms with Gasteiger partial charge in [-0.3, -0.25) is 4.79 Å². The first-order valence-electron chi connectivity index (χ1n) is 13.5. The lowest BCUT2D eigenvalue weighted by molar-refractivity contribution is -0.117. The van der Waals surface area contributed by atoms with Crippen LogP contribution in [-0.2, 0) is 13.6 Å². The second-order valence-corrected chi connectivity index (χ2v) is 22.2. The molecule has 3 nitrogen and oxygen atoms in total. The number of carbonyl (C=O) groups excluding carboxylic acids is 1. The van der Waals surface area contributed by atoms with Gasteiger partial charge in [0.2, 0.25) is 0 Å². The zero-order valence-electron chi connectivity index (χ0n) is 23.1. The largest absolute Gasteiger partial charge is 0.417 e. The SMILES string of the molecule is C[Si](C)(C)OCC1(CO[Si](C)(C)C)CC2=CC(=O)C3C(c4ccccc4)=CC(c4ccccc4)=CC23C1. The Kier molecular flexibility index (Phi) is 6.72. The van der Waals surface area contributed by atoms with Gasteiger partial charge in [0.25, 0.3) is 0 Å². The summed E-state index contributed by atoms with van der Waals surface area (Å²) in [5, 5.41) is 0. The van der Waals surface area contributed by atoms with Crippen molar-refractivity contribution in [2.45, 2.75) is 52.1 Å². The number of benzene rings is 2. The lowest BCUT2D eigenvalue weighted by Gasteiger charge is -2.40. The summed E-state index contributed by atoms with van der Waals surface area (Å²) in [7, 11) is -3.46. The topological polar surface area (TPSA) is 35.5 Å². The molecule has 5 rings (SSSR count). The molecule has 0 amide bonds. The zero-order chi connectivity index (χ0) is 26.5. The summed E-state index contributed by atoms with van der Waals surface area (Å²) in [6, 6.07) is 21.1.